The van der Waals surface area contributed by atoms with Gasteiger partial charge in [0.1, 0.15) is 0 Å². The van der Waals surface area contributed by atoms with Gasteiger partial charge in [0.15, 0.2) is 0 Å². The lowest BCUT2D eigenvalue weighted by Crippen LogP contribution is -2.16. The molecule has 0 aromatic heterocycles. The molecular weight excluding hydrogens is 1060 g/mol. The van der Waals surface area contributed by atoms with E-state index in [9.17, 15) is 0 Å². The highest BCUT2D eigenvalue weighted by Gasteiger charge is 2.38. The Labute approximate surface area is 518 Å². The molecule has 0 heterocycles. The van der Waals surface area contributed by atoms with Gasteiger partial charge in [-0.05, 0) is 197 Å². The number of hydrogen-bond acceptors (Lipinski definition) is 2. The third-order valence-corrected chi connectivity index (χ3v) is 18.8. The first-order valence-electron chi connectivity index (χ1n) is 30.9. The summed E-state index contributed by atoms with van der Waals surface area (Å²) >= 11 is 0. The molecule has 0 atom stereocenters. The summed E-state index contributed by atoms with van der Waals surface area (Å²) in [4.78, 5) is 4.80. The maximum atomic E-state index is 2.42. The summed E-state index contributed by atoms with van der Waals surface area (Å²) in [5.74, 6) is 0. The Kier molecular flexibility index (Phi) is 13.4. The van der Waals surface area contributed by atoms with E-state index in [1.165, 1.54) is 122 Å². The van der Waals surface area contributed by atoms with Gasteiger partial charge in [-0.3, -0.25) is 0 Å². The van der Waals surface area contributed by atoms with Crippen LogP contribution in [-0.2, 0) is 10.8 Å². The second kappa shape index (κ2) is 21.8. The van der Waals surface area contributed by atoms with Crippen molar-refractivity contribution in [3.63, 3.8) is 0 Å². The standard InChI is InChI=1S/C86H68N2/c1-57-21-39-67(40-22-57)87(69-43-35-65(36-44-69)75-19-11-15-63-13-7-9-17-73(63)75)71-47-51-79-77-49-33-61(53-81(77)85(3,4)83(79)55-71)31-29-59-25-27-60(28-26-59)30-32-62-34-50-78-80-52-48-72(56-84(80)86(5,6)82(78)54-62)88(68-41-23-58(2)24-42-68)70-45-37-66(38-46-70)76-20-12-16-64-14-8-10-18-74(64)76/h7-56H,1-6H3/b31-29+,32-30+. The molecule has 2 nitrogen and oxygen atoms in total. The smallest absolute Gasteiger partial charge is 0.0465 e. The van der Waals surface area contributed by atoms with E-state index in [0.29, 0.717) is 0 Å². The molecule has 2 aliphatic carbocycles. The molecule has 0 spiro atoms. The lowest BCUT2D eigenvalue weighted by atomic mass is 9.81. The molecule has 0 fully saturated rings. The molecule has 2 aliphatic rings. The van der Waals surface area contributed by atoms with E-state index in [0.717, 1.165) is 34.1 Å². The molecule has 0 unspecified atom stereocenters. The number of hydrogen-bond donors (Lipinski definition) is 0. The monoisotopic (exact) mass is 1130 g/mol. The molecule has 0 aliphatic heterocycles. The zero-order chi connectivity index (χ0) is 59.7. The second-order valence-corrected chi connectivity index (χ2v) is 25.1. The molecule has 2 heteroatoms. The van der Waals surface area contributed by atoms with Crippen molar-refractivity contribution < 1.29 is 0 Å². The van der Waals surface area contributed by atoms with E-state index in [-0.39, 0.29) is 10.8 Å². The molecule has 0 radical (unpaired) electrons. The second-order valence-electron chi connectivity index (χ2n) is 25.1. The molecule has 0 bridgehead atoms. The van der Waals surface area contributed by atoms with Gasteiger partial charge < -0.3 is 9.80 Å². The highest BCUT2D eigenvalue weighted by atomic mass is 15.1. The van der Waals surface area contributed by atoms with Crippen molar-refractivity contribution in [3.8, 4) is 44.5 Å². The minimum atomic E-state index is -0.199. The highest BCUT2D eigenvalue weighted by molar-refractivity contribution is 5.99. The van der Waals surface area contributed by atoms with E-state index in [4.69, 9.17) is 0 Å². The van der Waals surface area contributed by atoms with Crippen LogP contribution in [0.15, 0.2) is 279 Å². The number of aryl methyl sites for hydroxylation is 2. The fourth-order valence-corrected chi connectivity index (χ4v) is 13.9. The fourth-order valence-electron chi connectivity index (χ4n) is 13.9. The van der Waals surface area contributed by atoms with Gasteiger partial charge in [-0.15, -0.1) is 0 Å². The average Bonchev–Trinajstić information content (AvgIpc) is 1.64. The zero-order valence-electron chi connectivity index (χ0n) is 50.8. The molecule has 0 N–H and O–H groups in total. The van der Waals surface area contributed by atoms with Crippen LogP contribution in [0.3, 0.4) is 0 Å². The van der Waals surface area contributed by atoms with Gasteiger partial charge in [-0.2, -0.15) is 0 Å². The van der Waals surface area contributed by atoms with Crippen LogP contribution in [-0.4, -0.2) is 0 Å². The molecule has 13 aromatic carbocycles. The molecule has 0 saturated heterocycles. The predicted molar refractivity (Wildman–Crippen MR) is 377 cm³/mol. The summed E-state index contributed by atoms with van der Waals surface area (Å²) in [5, 5.41) is 5.04. The molecule has 15 rings (SSSR count). The normalized spacial score (nSPS) is 13.4. The Morgan fingerprint density at radius 3 is 0.932 bits per heavy atom. The van der Waals surface area contributed by atoms with Gasteiger partial charge in [0.25, 0.3) is 0 Å². The topological polar surface area (TPSA) is 6.48 Å². The molecule has 13 aromatic rings. The van der Waals surface area contributed by atoms with Crippen LogP contribution < -0.4 is 9.80 Å². The van der Waals surface area contributed by atoms with Gasteiger partial charge in [-0.1, -0.05) is 269 Å². The van der Waals surface area contributed by atoms with Crippen LogP contribution in [0.4, 0.5) is 34.1 Å². The lowest BCUT2D eigenvalue weighted by molar-refractivity contribution is 0.660. The molecule has 0 amide bonds. The van der Waals surface area contributed by atoms with Crippen molar-refractivity contribution in [2.75, 3.05) is 9.80 Å². The van der Waals surface area contributed by atoms with Crippen LogP contribution in [0.5, 0.6) is 0 Å². The first-order chi connectivity index (χ1) is 42.9. The minimum Gasteiger partial charge on any atom is -0.310 e. The third kappa shape index (κ3) is 9.72. The van der Waals surface area contributed by atoms with Crippen LogP contribution in [0, 0.1) is 13.8 Å². The van der Waals surface area contributed by atoms with Gasteiger partial charge in [0.05, 0.1) is 0 Å². The predicted octanol–water partition coefficient (Wildman–Crippen LogP) is 23.8. The number of benzene rings is 13. The number of rotatable bonds is 12. The summed E-state index contributed by atoms with van der Waals surface area (Å²) in [6.07, 6.45) is 8.99. The highest BCUT2D eigenvalue weighted by Crippen LogP contribution is 2.53. The summed E-state index contributed by atoms with van der Waals surface area (Å²) in [5.41, 5.74) is 29.2. The van der Waals surface area contributed by atoms with E-state index < -0.39 is 0 Å². The van der Waals surface area contributed by atoms with Crippen molar-refractivity contribution in [1.29, 1.82) is 0 Å². The Hall–Kier alpha value is -10.5. The van der Waals surface area contributed by atoms with E-state index in [2.05, 4.69) is 355 Å². The Morgan fingerprint density at radius 2 is 0.545 bits per heavy atom. The zero-order valence-corrected chi connectivity index (χ0v) is 50.8. The van der Waals surface area contributed by atoms with Crippen molar-refractivity contribution in [1.82, 2.24) is 0 Å². The van der Waals surface area contributed by atoms with Crippen molar-refractivity contribution in [2.24, 2.45) is 0 Å². The maximum absolute atomic E-state index is 2.42. The van der Waals surface area contributed by atoms with Gasteiger partial charge in [0.2, 0.25) is 0 Å². The van der Waals surface area contributed by atoms with E-state index in [1.54, 1.807) is 0 Å². The molecular formula is C86H68N2. The quantitative estimate of drug-likeness (QED) is 0.113. The van der Waals surface area contributed by atoms with Gasteiger partial charge in [-0.25, -0.2) is 0 Å². The number of nitrogens with zero attached hydrogens (tertiary/aromatic N) is 2. The van der Waals surface area contributed by atoms with Gasteiger partial charge in [0, 0.05) is 45.0 Å². The summed E-state index contributed by atoms with van der Waals surface area (Å²) in [6.45, 7) is 13.8. The largest absolute Gasteiger partial charge is 0.310 e. The van der Waals surface area contributed by atoms with Crippen LogP contribution in [0.2, 0.25) is 0 Å². The fraction of sp³-hybridized carbons (Fsp3) is 0.0930. The van der Waals surface area contributed by atoms with Gasteiger partial charge >= 0.3 is 0 Å². The van der Waals surface area contributed by atoms with Crippen LogP contribution in [0.1, 0.15) is 83.3 Å². The SMILES string of the molecule is Cc1ccc(N(c2ccc(-c3cccc4ccccc34)cc2)c2ccc3c(c2)C(C)(C)c2cc(/C=C/c4ccc(/C=C/c5ccc6c(c5)C(C)(C)c5cc(N(c7ccc(C)cc7)c7ccc(-c8cccc9ccccc89)cc7)ccc5-6)cc4)ccc2-3)cc1. The Bertz CT molecular complexity index is 4560. The third-order valence-electron chi connectivity index (χ3n) is 18.8. The molecule has 0 saturated carbocycles. The van der Waals surface area contributed by atoms with Crippen molar-refractivity contribution in [3.05, 3.63) is 335 Å². The van der Waals surface area contributed by atoms with Crippen LogP contribution >= 0.6 is 0 Å². The molecule has 88 heavy (non-hydrogen) atoms. The summed E-state index contributed by atoms with van der Waals surface area (Å²) in [7, 11) is 0. The first kappa shape index (κ1) is 54.1. The first-order valence-corrected chi connectivity index (χ1v) is 30.9. The number of anilines is 6. The Balaban J connectivity index is 0.645. The lowest BCUT2D eigenvalue weighted by Gasteiger charge is -2.28. The Morgan fingerprint density at radius 1 is 0.250 bits per heavy atom. The minimum absolute atomic E-state index is 0.199. The van der Waals surface area contributed by atoms with E-state index >= 15 is 0 Å². The average molecular weight is 1130 g/mol. The van der Waals surface area contributed by atoms with Crippen molar-refractivity contribution >= 4 is 80.0 Å². The number of fused-ring (bicyclic) bond motifs is 8. The van der Waals surface area contributed by atoms with Crippen LogP contribution in [0.25, 0.3) is 90.4 Å². The summed E-state index contributed by atoms with van der Waals surface area (Å²) in [6, 6.07) is 103. The maximum Gasteiger partial charge on any atom is 0.0465 e. The van der Waals surface area contributed by atoms with Crippen molar-refractivity contribution in [2.45, 2.75) is 52.4 Å². The molecule has 422 valence electrons. The van der Waals surface area contributed by atoms with E-state index in [1.807, 2.05) is 0 Å². The summed E-state index contributed by atoms with van der Waals surface area (Å²) < 4.78 is 0.